The van der Waals surface area contributed by atoms with Gasteiger partial charge in [-0.3, -0.25) is 0 Å². The molecule has 0 radical (unpaired) electrons. The van der Waals surface area contributed by atoms with Crippen molar-refractivity contribution in [3.63, 3.8) is 0 Å². The van der Waals surface area contributed by atoms with Crippen molar-refractivity contribution in [1.29, 1.82) is 0 Å². The zero-order valence-corrected chi connectivity index (χ0v) is 14.4. The Kier molecular flexibility index (Phi) is 4.44. The molecule has 2 saturated heterocycles. The zero-order valence-electron chi connectivity index (χ0n) is 14.4. The third kappa shape index (κ3) is 3.26. The van der Waals surface area contributed by atoms with Gasteiger partial charge in [0.25, 0.3) is 0 Å². The number of benzene rings is 1. The topological polar surface area (TPSA) is 67.6 Å². The summed E-state index contributed by atoms with van der Waals surface area (Å²) in [4.78, 5) is 18.8. The van der Waals surface area contributed by atoms with Gasteiger partial charge in [0.05, 0.1) is 19.3 Å². The Morgan fingerprint density at radius 2 is 2.20 bits per heavy atom. The number of hydrogen-bond acceptors (Lipinski definition) is 4. The fourth-order valence-electron chi connectivity index (χ4n) is 4.04. The Morgan fingerprint density at radius 3 is 2.96 bits per heavy atom. The van der Waals surface area contributed by atoms with Crippen molar-refractivity contribution in [2.75, 3.05) is 19.8 Å². The Balaban J connectivity index is 1.47. The number of carbonyl (C=O) groups excluding carboxylic acids is 1. The maximum Gasteiger partial charge on any atom is 0.318 e. The summed E-state index contributed by atoms with van der Waals surface area (Å²) in [7, 11) is 0. The normalized spacial score (nSPS) is 25.6. The third-order valence-corrected chi connectivity index (χ3v) is 5.24. The highest BCUT2D eigenvalue weighted by atomic mass is 16.5. The molecule has 0 saturated carbocycles. The van der Waals surface area contributed by atoms with E-state index in [1.165, 1.54) is 5.56 Å². The number of hydrogen-bond donors (Lipinski definition) is 1. The fraction of sp³-hybridized carbons (Fsp3) is 0.474. The minimum Gasteiger partial charge on any atom is -0.444 e. The monoisotopic (exact) mass is 341 g/mol. The second-order valence-corrected chi connectivity index (χ2v) is 6.77. The molecule has 3 unspecified atom stereocenters. The molecule has 2 aromatic rings. The van der Waals surface area contributed by atoms with Crippen LogP contribution in [0.15, 0.2) is 40.9 Å². The van der Waals surface area contributed by atoms with Crippen LogP contribution in [0.2, 0.25) is 0 Å². The van der Waals surface area contributed by atoms with E-state index in [0.29, 0.717) is 36.6 Å². The van der Waals surface area contributed by atoms with Gasteiger partial charge in [0.2, 0.25) is 0 Å². The third-order valence-electron chi connectivity index (χ3n) is 5.24. The van der Waals surface area contributed by atoms with Crippen molar-refractivity contribution in [1.82, 2.24) is 15.2 Å². The van der Waals surface area contributed by atoms with E-state index >= 15 is 0 Å². The van der Waals surface area contributed by atoms with Gasteiger partial charge in [-0.2, -0.15) is 0 Å². The van der Waals surface area contributed by atoms with Crippen LogP contribution in [-0.2, 0) is 11.3 Å². The number of aryl methyl sites for hydroxylation is 1. The van der Waals surface area contributed by atoms with Gasteiger partial charge in [-0.15, -0.1) is 0 Å². The van der Waals surface area contributed by atoms with Crippen molar-refractivity contribution < 1.29 is 13.9 Å². The highest BCUT2D eigenvalue weighted by molar-refractivity contribution is 5.75. The average molecular weight is 341 g/mol. The van der Waals surface area contributed by atoms with Crippen molar-refractivity contribution in [2.24, 2.45) is 5.92 Å². The Hall–Kier alpha value is -2.34. The molecule has 6 heteroatoms. The van der Waals surface area contributed by atoms with Gasteiger partial charge >= 0.3 is 6.03 Å². The minimum absolute atomic E-state index is 0.0376. The van der Waals surface area contributed by atoms with E-state index in [9.17, 15) is 4.79 Å². The highest BCUT2D eigenvalue weighted by Gasteiger charge is 2.45. The summed E-state index contributed by atoms with van der Waals surface area (Å²) in [6, 6.07) is 10.6. The lowest BCUT2D eigenvalue weighted by molar-refractivity contribution is 0.0261. The number of carbonyl (C=O) groups is 1. The van der Waals surface area contributed by atoms with Gasteiger partial charge in [0.15, 0.2) is 5.89 Å². The van der Waals surface area contributed by atoms with Crippen LogP contribution in [0.4, 0.5) is 4.79 Å². The number of nitrogens with zero attached hydrogens (tertiary/aromatic N) is 2. The van der Waals surface area contributed by atoms with Crippen LogP contribution < -0.4 is 5.32 Å². The van der Waals surface area contributed by atoms with Crippen LogP contribution in [0.3, 0.4) is 0 Å². The molecule has 3 atom stereocenters. The Labute approximate surface area is 147 Å². The molecule has 1 N–H and O–H groups in total. The highest BCUT2D eigenvalue weighted by Crippen LogP contribution is 2.40. The van der Waals surface area contributed by atoms with Gasteiger partial charge in [0, 0.05) is 38.0 Å². The first-order valence-electron chi connectivity index (χ1n) is 8.81. The quantitative estimate of drug-likeness (QED) is 0.932. The van der Waals surface area contributed by atoms with Crippen LogP contribution in [0.25, 0.3) is 0 Å². The van der Waals surface area contributed by atoms with Gasteiger partial charge in [-0.25, -0.2) is 9.78 Å². The van der Waals surface area contributed by atoms with E-state index in [1.54, 1.807) is 13.1 Å². The van der Waals surface area contributed by atoms with Crippen LogP contribution in [-0.4, -0.2) is 41.7 Å². The number of oxazole rings is 1. The summed E-state index contributed by atoms with van der Waals surface area (Å²) >= 11 is 0. The molecule has 0 spiro atoms. The number of likely N-dealkylation sites (tertiary alicyclic amines) is 1. The number of fused-ring (bicyclic) bond motifs is 1. The average Bonchev–Trinajstić information content (AvgIpc) is 3.24. The molecule has 2 amide bonds. The van der Waals surface area contributed by atoms with Gasteiger partial charge in [-0.05, 0) is 12.0 Å². The van der Waals surface area contributed by atoms with Crippen LogP contribution in [0.1, 0.15) is 29.6 Å². The zero-order chi connectivity index (χ0) is 17.2. The van der Waals surface area contributed by atoms with Gasteiger partial charge in [0.1, 0.15) is 5.76 Å². The smallest absolute Gasteiger partial charge is 0.318 e. The van der Waals surface area contributed by atoms with Crippen molar-refractivity contribution in [3.05, 3.63) is 53.7 Å². The summed E-state index contributed by atoms with van der Waals surface area (Å²) in [5.41, 5.74) is 1.28. The lowest BCUT2D eigenvalue weighted by Gasteiger charge is -2.32. The summed E-state index contributed by atoms with van der Waals surface area (Å²) in [6.45, 7) is 4.32. The van der Waals surface area contributed by atoms with Crippen molar-refractivity contribution >= 4 is 6.03 Å². The second kappa shape index (κ2) is 6.88. The first-order chi connectivity index (χ1) is 12.2. The first-order valence-corrected chi connectivity index (χ1v) is 8.81. The summed E-state index contributed by atoms with van der Waals surface area (Å²) in [5.74, 6) is 1.96. The van der Waals surface area contributed by atoms with Gasteiger partial charge in [-0.1, -0.05) is 30.3 Å². The summed E-state index contributed by atoms with van der Waals surface area (Å²) < 4.78 is 11.1. The first kappa shape index (κ1) is 16.1. The fourth-order valence-corrected chi connectivity index (χ4v) is 4.04. The van der Waals surface area contributed by atoms with E-state index < -0.39 is 0 Å². The van der Waals surface area contributed by atoms with Crippen LogP contribution in [0.5, 0.6) is 0 Å². The summed E-state index contributed by atoms with van der Waals surface area (Å²) in [5, 5.41) is 2.97. The molecule has 2 aliphatic rings. The second-order valence-electron chi connectivity index (χ2n) is 6.77. The van der Waals surface area contributed by atoms with Crippen LogP contribution >= 0.6 is 0 Å². The molecule has 6 nitrogen and oxygen atoms in total. The molecule has 4 rings (SSSR count). The lowest BCUT2D eigenvalue weighted by Crippen LogP contribution is -2.46. The molecule has 25 heavy (non-hydrogen) atoms. The molecule has 3 heterocycles. The SMILES string of the molecule is Cc1ncc(CNC(=O)N2CC(c3ccccc3)C3COCCC32)o1. The van der Waals surface area contributed by atoms with Crippen molar-refractivity contribution in [2.45, 2.75) is 31.8 Å². The molecule has 1 aromatic heterocycles. The van der Waals surface area contributed by atoms with E-state index in [-0.39, 0.29) is 12.1 Å². The number of nitrogens with one attached hydrogen (secondary N) is 1. The summed E-state index contributed by atoms with van der Waals surface area (Å²) in [6.07, 6.45) is 2.55. The lowest BCUT2D eigenvalue weighted by atomic mass is 9.84. The molecule has 132 valence electrons. The number of ether oxygens (including phenoxy) is 1. The number of rotatable bonds is 3. The van der Waals surface area contributed by atoms with Crippen molar-refractivity contribution in [3.8, 4) is 0 Å². The molecule has 0 bridgehead atoms. The maximum atomic E-state index is 12.8. The van der Waals surface area contributed by atoms with E-state index in [2.05, 4.69) is 34.6 Å². The van der Waals surface area contributed by atoms with E-state index in [1.807, 2.05) is 11.0 Å². The number of urea groups is 1. The minimum atomic E-state index is -0.0376. The standard InChI is InChI=1S/C19H23N3O3/c1-13-20-9-15(25-13)10-21-19(23)22-11-16(14-5-3-2-4-6-14)17-12-24-8-7-18(17)22/h2-6,9,16-18H,7-8,10-12H2,1H3,(H,21,23). The molecule has 2 aliphatic heterocycles. The predicted molar refractivity (Wildman–Crippen MR) is 92.1 cm³/mol. The molecule has 0 aliphatic carbocycles. The predicted octanol–water partition coefficient (Wildman–Crippen LogP) is 2.70. The largest absolute Gasteiger partial charge is 0.444 e. The molecular weight excluding hydrogens is 318 g/mol. The van der Waals surface area contributed by atoms with Crippen LogP contribution in [0, 0.1) is 12.8 Å². The Morgan fingerprint density at radius 1 is 1.36 bits per heavy atom. The number of aromatic nitrogens is 1. The molecular formula is C19H23N3O3. The van der Waals surface area contributed by atoms with E-state index in [0.717, 1.165) is 19.6 Å². The maximum absolute atomic E-state index is 12.8. The van der Waals surface area contributed by atoms with Gasteiger partial charge < -0.3 is 19.4 Å². The van der Waals surface area contributed by atoms with E-state index in [4.69, 9.17) is 9.15 Å². The number of amides is 2. The molecule has 1 aromatic carbocycles. The molecule has 2 fully saturated rings. The Bertz CT molecular complexity index is 731.